The number of benzene rings is 2. The highest BCUT2D eigenvalue weighted by atomic mass is 35.5. The second-order valence-electron chi connectivity index (χ2n) is 4.71. The second kappa shape index (κ2) is 8.97. The van der Waals surface area contributed by atoms with Crippen molar-refractivity contribution in [2.45, 2.75) is 6.61 Å². The number of carbonyl (C=O) groups excluding carboxylic acids is 1. The van der Waals surface area contributed by atoms with Gasteiger partial charge in [0.15, 0.2) is 6.61 Å². The third-order valence-corrected chi connectivity index (χ3v) is 3.70. The number of ether oxygens (including phenoxy) is 2. The van der Waals surface area contributed by atoms with Gasteiger partial charge in [-0.05, 0) is 41.5 Å². The molecule has 6 heteroatoms. The Kier molecular flexibility index (Phi) is 6.68. The lowest BCUT2D eigenvalue weighted by Crippen LogP contribution is -2.00. The van der Waals surface area contributed by atoms with Crippen molar-refractivity contribution in [1.29, 1.82) is 5.26 Å². The van der Waals surface area contributed by atoms with Crippen LogP contribution in [0.15, 0.2) is 48.5 Å². The summed E-state index contributed by atoms with van der Waals surface area (Å²) in [5, 5.41) is 9.31. The third-order valence-electron chi connectivity index (χ3n) is 2.96. The smallest absolute Gasteiger partial charge is 0.331 e. The van der Waals surface area contributed by atoms with Crippen LogP contribution in [-0.4, -0.2) is 12.6 Å². The van der Waals surface area contributed by atoms with Crippen LogP contribution < -0.4 is 4.74 Å². The lowest BCUT2D eigenvalue weighted by Gasteiger charge is -2.04. The van der Waals surface area contributed by atoms with E-state index in [-0.39, 0.29) is 13.2 Å². The average Bonchev–Trinajstić information content (AvgIpc) is 2.60. The Labute approximate surface area is 149 Å². The van der Waals surface area contributed by atoms with E-state index in [4.69, 9.17) is 37.9 Å². The van der Waals surface area contributed by atoms with Crippen LogP contribution in [-0.2, 0) is 16.1 Å². The SMILES string of the molecule is N#CCOc1ccc(/C=C/C(=O)OCc2ccc(Cl)c(Cl)c2)cc1. The zero-order valence-electron chi connectivity index (χ0n) is 12.5. The fraction of sp³-hybridized carbons (Fsp3) is 0.111. The Hall–Kier alpha value is -2.48. The monoisotopic (exact) mass is 361 g/mol. The van der Waals surface area contributed by atoms with Crippen molar-refractivity contribution in [3.63, 3.8) is 0 Å². The van der Waals surface area contributed by atoms with Crippen molar-refractivity contribution in [3.05, 3.63) is 69.7 Å². The van der Waals surface area contributed by atoms with Crippen LogP contribution in [0.25, 0.3) is 6.08 Å². The number of rotatable bonds is 6. The van der Waals surface area contributed by atoms with Gasteiger partial charge in [-0.15, -0.1) is 0 Å². The highest BCUT2D eigenvalue weighted by Crippen LogP contribution is 2.22. The van der Waals surface area contributed by atoms with Gasteiger partial charge in [-0.3, -0.25) is 0 Å². The summed E-state index contributed by atoms with van der Waals surface area (Å²) < 4.78 is 10.3. The average molecular weight is 362 g/mol. The minimum absolute atomic E-state index is 0.00374. The van der Waals surface area contributed by atoms with Crippen LogP contribution in [0.2, 0.25) is 10.0 Å². The van der Waals surface area contributed by atoms with Crippen LogP contribution in [0, 0.1) is 11.3 Å². The quantitative estimate of drug-likeness (QED) is 0.554. The Balaban J connectivity index is 1.86. The number of halogens is 2. The number of hydrogen-bond donors (Lipinski definition) is 0. The van der Waals surface area contributed by atoms with Gasteiger partial charge in [-0.1, -0.05) is 41.4 Å². The molecule has 0 amide bonds. The summed E-state index contributed by atoms with van der Waals surface area (Å²) in [7, 11) is 0. The molecule has 0 aliphatic heterocycles. The first-order chi connectivity index (χ1) is 11.6. The molecule has 0 aromatic heterocycles. The number of carbonyl (C=O) groups is 1. The lowest BCUT2D eigenvalue weighted by molar-refractivity contribution is -0.138. The standard InChI is InChI=1S/C18H13Cl2NO3/c19-16-7-3-14(11-17(16)20)12-24-18(22)8-4-13-1-5-15(6-2-13)23-10-9-21/h1-8,11H,10,12H2/b8-4+. The van der Waals surface area contributed by atoms with E-state index < -0.39 is 5.97 Å². The first-order valence-corrected chi connectivity index (χ1v) is 7.72. The third kappa shape index (κ3) is 5.62. The zero-order valence-corrected chi connectivity index (χ0v) is 14.1. The van der Waals surface area contributed by atoms with E-state index in [9.17, 15) is 4.79 Å². The molecular formula is C18H13Cl2NO3. The molecule has 0 unspecified atom stereocenters. The van der Waals surface area contributed by atoms with Gasteiger partial charge in [0.25, 0.3) is 0 Å². The second-order valence-corrected chi connectivity index (χ2v) is 5.52. The lowest BCUT2D eigenvalue weighted by atomic mass is 10.2. The molecule has 122 valence electrons. The maximum absolute atomic E-state index is 11.7. The summed E-state index contributed by atoms with van der Waals surface area (Å²) in [5.74, 6) is 0.127. The van der Waals surface area contributed by atoms with Gasteiger partial charge in [-0.25, -0.2) is 4.79 Å². The molecule has 24 heavy (non-hydrogen) atoms. The summed E-state index contributed by atoms with van der Waals surface area (Å²) in [6.07, 6.45) is 2.97. The molecule has 2 aromatic carbocycles. The molecule has 0 fully saturated rings. The number of hydrogen-bond acceptors (Lipinski definition) is 4. The normalized spacial score (nSPS) is 10.4. The van der Waals surface area contributed by atoms with E-state index >= 15 is 0 Å². The highest BCUT2D eigenvalue weighted by Gasteiger charge is 2.02. The molecule has 0 heterocycles. The van der Waals surface area contributed by atoms with Crippen LogP contribution in [0.4, 0.5) is 0 Å². The predicted molar refractivity (Wildman–Crippen MR) is 92.8 cm³/mol. The Bertz CT molecular complexity index is 780. The van der Waals surface area contributed by atoms with Crippen molar-refractivity contribution in [1.82, 2.24) is 0 Å². The van der Waals surface area contributed by atoms with Gasteiger partial charge in [-0.2, -0.15) is 5.26 Å². The molecule has 0 spiro atoms. The topological polar surface area (TPSA) is 59.3 Å². The van der Waals surface area contributed by atoms with Gasteiger partial charge in [0.1, 0.15) is 18.4 Å². The van der Waals surface area contributed by atoms with Gasteiger partial charge >= 0.3 is 5.97 Å². The molecule has 0 N–H and O–H groups in total. The molecule has 0 aliphatic carbocycles. The zero-order chi connectivity index (χ0) is 17.4. The summed E-state index contributed by atoms with van der Waals surface area (Å²) >= 11 is 11.7. The summed E-state index contributed by atoms with van der Waals surface area (Å²) in [5.41, 5.74) is 1.57. The maximum atomic E-state index is 11.7. The van der Waals surface area contributed by atoms with Gasteiger partial charge in [0.05, 0.1) is 10.0 Å². The first kappa shape index (κ1) is 17.9. The molecule has 2 aromatic rings. The largest absolute Gasteiger partial charge is 0.479 e. The summed E-state index contributed by atoms with van der Waals surface area (Å²) in [6.45, 7) is 0.108. The minimum atomic E-state index is -0.467. The molecule has 0 saturated heterocycles. The van der Waals surface area contributed by atoms with Crippen molar-refractivity contribution in [2.24, 2.45) is 0 Å². The fourth-order valence-corrected chi connectivity index (χ4v) is 2.11. The van der Waals surface area contributed by atoms with Crippen molar-refractivity contribution in [2.75, 3.05) is 6.61 Å². The van der Waals surface area contributed by atoms with Gasteiger partial charge in [0.2, 0.25) is 0 Å². The number of esters is 1. The van der Waals surface area contributed by atoms with Crippen LogP contribution >= 0.6 is 23.2 Å². The predicted octanol–water partition coefficient (Wildman–Crippen LogP) is 4.65. The van der Waals surface area contributed by atoms with E-state index in [1.54, 1.807) is 48.5 Å². The molecule has 4 nitrogen and oxygen atoms in total. The number of nitrogens with zero attached hydrogens (tertiary/aromatic N) is 1. The Morgan fingerprint density at radius 1 is 1.12 bits per heavy atom. The van der Waals surface area contributed by atoms with Crippen LogP contribution in [0.3, 0.4) is 0 Å². The molecule has 0 aliphatic rings. The van der Waals surface area contributed by atoms with Gasteiger partial charge in [0, 0.05) is 6.08 Å². The van der Waals surface area contributed by atoms with Crippen LogP contribution in [0.1, 0.15) is 11.1 Å². The fourth-order valence-electron chi connectivity index (χ4n) is 1.79. The molecule has 0 saturated carbocycles. The van der Waals surface area contributed by atoms with E-state index in [2.05, 4.69) is 0 Å². The molecule has 0 atom stereocenters. The molecule has 0 bridgehead atoms. The molecule has 0 radical (unpaired) electrons. The van der Waals surface area contributed by atoms with E-state index in [1.807, 2.05) is 6.07 Å². The summed E-state index contributed by atoms with van der Waals surface area (Å²) in [6, 6.07) is 13.9. The van der Waals surface area contributed by atoms with E-state index in [0.717, 1.165) is 11.1 Å². The number of nitriles is 1. The van der Waals surface area contributed by atoms with Crippen molar-refractivity contribution < 1.29 is 14.3 Å². The van der Waals surface area contributed by atoms with Crippen molar-refractivity contribution >= 4 is 35.2 Å². The molecule has 2 rings (SSSR count). The van der Waals surface area contributed by atoms with E-state index in [0.29, 0.717) is 15.8 Å². The van der Waals surface area contributed by atoms with Crippen LogP contribution in [0.5, 0.6) is 5.75 Å². The van der Waals surface area contributed by atoms with E-state index in [1.165, 1.54) is 6.08 Å². The van der Waals surface area contributed by atoms with Crippen molar-refractivity contribution in [3.8, 4) is 11.8 Å². The Morgan fingerprint density at radius 2 is 1.88 bits per heavy atom. The highest BCUT2D eigenvalue weighted by molar-refractivity contribution is 6.42. The Morgan fingerprint density at radius 3 is 2.54 bits per heavy atom. The first-order valence-electron chi connectivity index (χ1n) is 6.97. The van der Waals surface area contributed by atoms with Gasteiger partial charge < -0.3 is 9.47 Å². The molecular weight excluding hydrogens is 349 g/mol. The minimum Gasteiger partial charge on any atom is -0.479 e. The summed E-state index contributed by atoms with van der Waals surface area (Å²) in [4.78, 5) is 11.7. The maximum Gasteiger partial charge on any atom is 0.331 e.